The summed E-state index contributed by atoms with van der Waals surface area (Å²) < 4.78 is 17.9. The zero-order valence-electron chi connectivity index (χ0n) is 7.26. The number of hydrogen-bond acceptors (Lipinski definition) is 2. The number of halogens is 2. The first-order chi connectivity index (χ1) is 6.17. The number of ether oxygens (including phenoxy) is 1. The lowest BCUT2D eigenvalue weighted by Gasteiger charge is -2.13. The molecule has 1 aromatic rings. The smallest absolute Gasteiger partial charge is 0.125 e. The SMILES string of the molecule is COC(CN)c1cc(F)cc(Cl)c1. The molecule has 13 heavy (non-hydrogen) atoms. The van der Waals surface area contributed by atoms with Crippen molar-refractivity contribution in [3.05, 3.63) is 34.6 Å². The summed E-state index contributed by atoms with van der Waals surface area (Å²) in [4.78, 5) is 0. The molecule has 4 heteroatoms. The third-order valence-corrected chi connectivity index (χ3v) is 1.97. The van der Waals surface area contributed by atoms with Gasteiger partial charge in [0.2, 0.25) is 0 Å². The van der Waals surface area contributed by atoms with E-state index in [1.807, 2.05) is 0 Å². The van der Waals surface area contributed by atoms with E-state index in [4.69, 9.17) is 22.1 Å². The van der Waals surface area contributed by atoms with Crippen LogP contribution in [0.4, 0.5) is 4.39 Å². The van der Waals surface area contributed by atoms with Gasteiger partial charge in [-0.1, -0.05) is 11.6 Å². The van der Waals surface area contributed by atoms with Crippen LogP contribution in [-0.4, -0.2) is 13.7 Å². The van der Waals surface area contributed by atoms with Crippen LogP contribution < -0.4 is 5.73 Å². The molecule has 1 unspecified atom stereocenters. The lowest BCUT2D eigenvalue weighted by Crippen LogP contribution is -2.14. The molecule has 0 aliphatic heterocycles. The van der Waals surface area contributed by atoms with Crippen LogP contribution in [0.2, 0.25) is 5.02 Å². The molecule has 0 fully saturated rings. The lowest BCUT2D eigenvalue weighted by molar-refractivity contribution is 0.110. The van der Waals surface area contributed by atoms with Gasteiger partial charge in [0.1, 0.15) is 5.82 Å². The molecule has 0 aromatic heterocycles. The van der Waals surface area contributed by atoms with Crippen LogP contribution in [0.25, 0.3) is 0 Å². The Balaban J connectivity index is 2.99. The lowest BCUT2D eigenvalue weighted by atomic mass is 10.1. The molecule has 0 saturated carbocycles. The number of methoxy groups -OCH3 is 1. The van der Waals surface area contributed by atoms with Crippen molar-refractivity contribution in [2.75, 3.05) is 13.7 Å². The fraction of sp³-hybridized carbons (Fsp3) is 0.333. The van der Waals surface area contributed by atoms with Crippen LogP contribution in [0, 0.1) is 5.82 Å². The zero-order chi connectivity index (χ0) is 9.84. The summed E-state index contributed by atoms with van der Waals surface area (Å²) in [5.41, 5.74) is 6.09. The molecule has 1 aromatic carbocycles. The van der Waals surface area contributed by atoms with Crippen LogP contribution in [0.5, 0.6) is 0 Å². The van der Waals surface area contributed by atoms with Crippen molar-refractivity contribution < 1.29 is 9.13 Å². The second-order valence-corrected chi connectivity index (χ2v) is 3.10. The monoisotopic (exact) mass is 203 g/mol. The second kappa shape index (κ2) is 4.56. The molecular weight excluding hydrogens is 193 g/mol. The Hall–Kier alpha value is -0.640. The van der Waals surface area contributed by atoms with Gasteiger partial charge in [-0.2, -0.15) is 0 Å². The summed E-state index contributed by atoms with van der Waals surface area (Å²) in [6.07, 6.45) is -0.298. The molecule has 1 rings (SSSR count). The van der Waals surface area contributed by atoms with Gasteiger partial charge >= 0.3 is 0 Å². The number of nitrogens with two attached hydrogens (primary N) is 1. The number of rotatable bonds is 3. The first kappa shape index (κ1) is 10.4. The summed E-state index contributed by atoms with van der Waals surface area (Å²) in [6.45, 7) is 0.302. The van der Waals surface area contributed by atoms with Gasteiger partial charge in [-0.15, -0.1) is 0 Å². The van der Waals surface area contributed by atoms with Gasteiger partial charge in [-0.25, -0.2) is 4.39 Å². The summed E-state index contributed by atoms with van der Waals surface area (Å²) in [5.74, 6) is -0.377. The van der Waals surface area contributed by atoms with Gasteiger partial charge in [0.05, 0.1) is 6.10 Å². The first-order valence-electron chi connectivity index (χ1n) is 3.86. The van der Waals surface area contributed by atoms with E-state index >= 15 is 0 Å². The predicted molar refractivity (Wildman–Crippen MR) is 50.2 cm³/mol. The highest BCUT2D eigenvalue weighted by atomic mass is 35.5. The molecular formula is C9H11ClFNO. The maximum absolute atomic E-state index is 12.9. The topological polar surface area (TPSA) is 35.2 Å². The van der Waals surface area contributed by atoms with Gasteiger partial charge in [0, 0.05) is 18.7 Å². The predicted octanol–water partition coefficient (Wildman–Crippen LogP) is 2.13. The van der Waals surface area contributed by atoms with Crippen molar-refractivity contribution >= 4 is 11.6 Å². The van der Waals surface area contributed by atoms with Crippen LogP contribution >= 0.6 is 11.6 Å². The average molecular weight is 204 g/mol. The van der Waals surface area contributed by atoms with Gasteiger partial charge in [0.25, 0.3) is 0 Å². The van der Waals surface area contributed by atoms with E-state index in [1.165, 1.54) is 19.2 Å². The standard InChI is InChI=1S/C9H11ClFNO/c1-13-9(5-12)6-2-7(10)4-8(11)3-6/h2-4,9H,5,12H2,1H3. The molecule has 0 saturated heterocycles. The van der Waals surface area contributed by atoms with Crippen molar-refractivity contribution in [2.24, 2.45) is 5.73 Å². The van der Waals surface area contributed by atoms with Gasteiger partial charge in [-0.3, -0.25) is 0 Å². The minimum absolute atomic E-state index is 0.298. The highest BCUT2D eigenvalue weighted by Gasteiger charge is 2.09. The van der Waals surface area contributed by atoms with Gasteiger partial charge < -0.3 is 10.5 Å². The van der Waals surface area contributed by atoms with E-state index in [0.717, 1.165) is 0 Å². The van der Waals surface area contributed by atoms with E-state index in [2.05, 4.69) is 0 Å². The van der Waals surface area contributed by atoms with E-state index in [1.54, 1.807) is 6.07 Å². The zero-order valence-corrected chi connectivity index (χ0v) is 8.01. The van der Waals surface area contributed by atoms with E-state index in [0.29, 0.717) is 17.1 Å². The average Bonchev–Trinajstić information content (AvgIpc) is 2.04. The minimum atomic E-state index is -0.377. The fourth-order valence-corrected chi connectivity index (χ4v) is 1.36. The summed E-state index contributed by atoms with van der Waals surface area (Å²) in [7, 11) is 1.52. The third-order valence-electron chi connectivity index (χ3n) is 1.76. The highest BCUT2D eigenvalue weighted by Crippen LogP contribution is 2.21. The molecule has 72 valence electrons. The van der Waals surface area contributed by atoms with E-state index < -0.39 is 0 Å². The summed E-state index contributed by atoms with van der Waals surface area (Å²) in [5, 5.41) is 0.352. The van der Waals surface area contributed by atoms with Crippen molar-refractivity contribution in [1.82, 2.24) is 0 Å². The first-order valence-corrected chi connectivity index (χ1v) is 4.24. The van der Waals surface area contributed by atoms with E-state index in [-0.39, 0.29) is 11.9 Å². The van der Waals surface area contributed by atoms with Gasteiger partial charge in [-0.05, 0) is 23.8 Å². The summed E-state index contributed by atoms with van der Waals surface area (Å²) in [6, 6.07) is 4.26. The maximum atomic E-state index is 12.9. The Morgan fingerprint density at radius 2 is 2.23 bits per heavy atom. The van der Waals surface area contributed by atoms with Crippen LogP contribution in [0.15, 0.2) is 18.2 Å². The molecule has 0 radical (unpaired) electrons. The van der Waals surface area contributed by atoms with Crippen molar-refractivity contribution in [1.29, 1.82) is 0 Å². The molecule has 1 atom stereocenters. The molecule has 0 aliphatic carbocycles. The van der Waals surface area contributed by atoms with Crippen LogP contribution in [0.3, 0.4) is 0 Å². The molecule has 0 heterocycles. The number of benzene rings is 1. The molecule has 2 nitrogen and oxygen atoms in total. The molecule has 0 amide bonds. The second-order valence-electron chi connectivity index (χ2n) is 2.66. The van der Waals surface area contributed by atoms with Crippen molar-refractivity contribution in [2.45, 2.75) is 6.10 Å². The van der Waals surface area contributed by atoms with Crippen LogP contribution in [0.1, 0.15) is 11.7 Å². The van der Waals surface area contributed by atoms with Crippen LogP contribution in [-0.2, 0) is 4.74 Å². The third kappa shape index (κ3) is 2.66. The molecule has 0 aliphatic rings. The Labute approximate surface area is 81.4 Å². The summed E-state index contributed by atoms with van der Waals surface area (Å²) >= 11 is 5.67. The Bertz CT molecular complexity index is 269. The number of hydrogen-bond donors (Lipinski definition) is 1. The Kier molecular flexibility index (Phi) is 3.66. The molecule has 0 spiro atoms. The highest BCUT2D eigenvalue weighted by molar-refractivity contribution is 6.30. The van der Waals surface area contributed by atoms with Crippen molar-refractivity contribution in [3.8, 4) is 0 Å². The fourth-order valence-electron chi connectivity index (χ4n) is 1.13. The van der Waals surface area contributed by atoms with Crippen molar-refractivity contribution in [3.63, 3.8) is 0 Å². The normalized spacial score (nSPS) is 12.9. The molecule has 0 bridgehead atoms. The van der Waals surface area contributed by atoms with Gasteiger partial charge in [0.15, 0.2) is 0 Å². The Morgan fingerprint density at radius 3 is 2.69 bits per heavy atom. The maximum Gasteiger partial charge on any atom is 0.125 e. The largest absolute Gasteiger partial charge is 0.375 e. The molecule has 2 N–H and O–H groups in total. The van der Waals surface area contributed by atoms with E-state index in [9.17, 15) is 4.39 Å². The quantitative estimate of drug-likeness (QED) is 0.817. The minimum Gasteiger partial charge on any atom is -0.375 e. The Morgan fingerprint density at radius 1 is 1.54 bits per heavy atom.